The number of pyridine rings is 1. The summed E-state index contributed by atoms with van der Waals surface area (Å²) in [5.41, 5.74) is 1.05. The highest BCUT2D eigenvalue weighted by Crippen LogP contribution is 2.44. The molecule has 2 aromatic heterocycles. The summed E-state index contributed by atoms with van der Waals surface area (Å²) < 4.78 is 32.5. The molecule has 0 amide bonds. The topological polar surface area (TPSA) is 77.3 Å². The van der Waals surface area contributed by atoms with Crippen molar-refractivity contribution in [3.8, 4) is 0 Å². The van der Waals surface area contributed by atoms with Crippen LogP contribution in [0.4, 0.5) is 5.82 Å². The molecule has 0 unspecified atom stereocenters. The molecule has 1 aliphatic carbocycles. The second-order valence-electron chi connectivity index (χ2n) is 12.5. The van der Waals surface area contributed by atoms with Crippen molar-refractivity contribution in [2.75, 3.05) is 36.6 Å². The van der Waals surface area contributed by atoms with Crippen molar-refractivity contribution < 1.29 is 12.8 Å². The van der Waals surface area contributed by atoms with E-state index in [1.165, 1.54) is 19.1 Å². The molecule has 2 fully saturated rings. The Balaban J connectivity index is 1.62. The Morgan fingerprint density at radius 1 is 1.26 bits per heavy atom. The molecule has 1 aliphatic heterocycles. The number of aromatic nitrogens is 3. The normalized spacial score (nSPS) is 21.3. The quantitative estimate of drug-likeness (QED) is 0.323. The first-order valence-electron chi connectivity index (χ1n) is 12.8. The third-order valence-corrected chi connectivity index (χ3v) is 14.2. The minimum atomic E-state index is -3.00. The molecule has 0 radical (unpaired) electrons. The number of nitrogens with zero attached hydrogens (tertiary/aromatic N) is 4. The van der Waals surface area contributed by atoms with E-state index in [1.54, 1.807) is 0 Å². The van der Waals surface area contributed by atoms with E-state index in [0.717, 1.165) is 55.7 Å². The van der Waals surface area contributed by atoms with Gasteiger partial charge in [0, 0.05) is 50.2 Å². The van der Waals surface area contributed by atoms with Gasteiger partial charge < -0.3 is 9.33 Å². The highest BCUT2D eigenvalue weighted by Gasteiger charge is 2.42. The van der Waals surface area contributed by atoms with Gasteiger partial charge in [-0.25, -0.2) is 13.4 Å². The van der Waals surface area contributed by atoms with E-state index in [2.05, 4.69) is 48.4 Å². The van der Waals surface area contributed by atoms with Crippen LogP contribution < -0.4 is 4.90 Å². The van der Waals surface area contributed by atoms with Crippen LogP contribution in [0.2, 0.25) is 23.3 Å². The van der Waals surface area contributed by atoms with Crippen molar-refractivity contribution in [1.82, 2.24) is 14.8 Å². The number of rotatable bonds is 8. The van der Waals surface area contributed by atoms with Gasteiger partial charge in [0.2, 0.25) is 0 Å². The van der Waals surface area contributed by atoms with Crippen molar-refractivity contribution in [3.63, 3.8) is 0 Å². The van der Waals surface area contributed by atoms with Crippen molar-refractivity contribution in [1.29, 1.82) is 0 Å². The van der Waals surface area contributed by atoms with Gasteiger partial charge in [-0.1, -0.05) is 45.2 Å². The molecular weight excluding hydrogens is 500 g/mol. The van der Waals surface area contributed by atoms with E-state index in [1.807, 2.05) is 12.3 Å². The maximum absolute atomic E-state index is 11.8. The molecule has 0 spiro atoms. The summed E-state index contributed by atoms with van der Waals surface area (Å²) in [4.78, 5) is 6.57. The second-order valence-corrected chi connectivity index (χ2v) is 19.8. The molecule has 2 aliphatic rings. The third kappa shape index (κ3) is 6.05. The Labute approximate surface area is 216 Å². The Morgan fingerprint density at radius 2 is 1.94 bits per heavy atom. The summed E-state index contributed by atoms with van der Waals surface area (Å²) in [6, 6.07) is 1.91. The van der Waals surface area contributed by atoms with Crippen LogP contribution in [-0.4, -0.2) is 63.2 Å². The number of hydrogen-bond acceptors (Lipinski definition) is 6. The third-order valence-electron chi connectivity index (χ3n) is 8.40. The first-order valence-corrected chi connectivity index (χ1v) is 18.1. The molecule has 3 heterocycles. The molecule has 2 aromatic rings. The van der Waals surface area contributed by atoms with E-state index in [4.69, 9.17) is 21.1 Å². The Bertz CT molecular complexity index is 1170. The van der Waals surface area contributed by atoms with E-state index >= 15 is 0 Å². The predicted octanol–water partition coefficient (Wildman–Crippen LogP) is 5.54. The first kappa shape index (κ1) is 26.9. The average molecular weight is 541 g/mol. The van der Waals surface area contributed by atoms with Gasteiger partial charge in [0.1, 0.15) is 15.0 Å². The van der Waals surface area contributed by atoms with Crippen LogP contribution in [0, 0.1) is 11.3 Å². The van der Waals surface area contributed by atoms with E-state index in [9.17, 15) is 8.42 Å². The summed E-state index contributed by atoms with van der Waals surface area (Å²) in [6.45, 7) is 14.6. The number of anilines is 1. The molecule has 35 heavy (non-hydrogen) atoms. The minimum Gasteiger partial charge on any atom is -0.416 e. The van der Waals surface area contributed by atoms with Crippen LogP contribution in [0.25, 0.3) is 10.9 Å². The largest absolute Gasteiger partial charge is 0.416 e. The smallest absolute Gasteiger partial charge is 0.192 e. The average Bonchev–Trinajstić information content (AvgIpc) is 3.45. The maximum atomic E-state index is 11.8. The van der Waals surface area contributed by atoms with Crippen molar-refractivity contribution in [3.05, 3.63) is 17.4 Å². The summed E-state index contributed by atoms with van der Waals surface area (Å²) in [5, 5.41) is 6.71. The number of sulfone groups is 1. The lowest BCUT2D eigenvalue weighted by molar-refractivity contribution is 0.114. The minimum absolute atomic E-state index is 0.0608. The molecule has 0 aromatic carbocycles. The van der Waals surface area contributed by atoms with Gasteiger partial charge in [0.15, 0.2) is 14.1 Å². The fourth-order valence-corrected chi connectivity index (χ4v) is 7.69. The van der Waals surface area contributed by atoms with Gasteiger partial charge in [-0.2, -0.15) is 5.10 Å². The van der Waals surface area contributed by atoms with E-state index in [0.29, 0.717) is 11.7 Å². The van der Waals surface area contributed by atoms with Gasteiger partial charge in [-0.15, -0.1) is 0 Å². The molecule has 196 valence electrons. The zero-order valence-corrected chi connectivity index (χ0v) is 24.7. The number of fused-ring (bicyclic) bond motifs is 1. The summed E-state index contributed by atoms with van der Waals surface area (Å²) >= 11 is 6.33. The Morgan fingerprint density at radius 3 is 2.57 bits per heavy atom. The van der Waals surface area contributed by atoms with Crippen molar-refractivity contribution in [2.24, 2.45) is 11.3 Å². The van der Waals surface area contributed by atoms with Crippen LogP contribution >= 0.6 is 11.6 Å². The van der Waals surface area contributed by atoms with Gasteiger partial charge in [0.25, 0.3) is 0 Å². The zero-order valence-electron chi connectivity index (χ0n) is 22.1. The summed E-state index contributed by atoms with van der Waals surface area (Å²) in [7, 11) is -4.86. The standard InChI is InChI=1S/C25H41ClN4O3SSi/c1-24(2,3)35(5,6)33-18-25(10-7-8-11-25)17-30-21-13-22(26)27-14-20(21)23(28-30)29-12-9-19(15-29)16-34(4,31)32/h13-14,19H,7-12,15-18H2,1-6H3/t19-/m1/s1. The van der Waals surface area contributed by atoms with E-state index < -0.39 is 18.2 Å². The van der Waals surface area contributed by atoms with Crippen LogP contribution in [0.1, 0.15) is 52.9 Å². The van der Waals surface area contributed by atoms with Gasteiger partial charge in [-0.05, 0) is 43.3 Å². The highest BCUT2D eigenvalue weighted by molar-refractivity contribution is 7.90. The van der Waals surface area contributed by atoms with Crippen molar-refractivity contribution >= 4 is 46.5 Å². The monoisotopic (exact) mass is 540 g/mol. The molecule has 1 saturated carbocycles. The van der Waals surface area contributed by atoms with Crippen LogP contribution in [0.15, 0.2) is 12.3 Å². The summed E-state index contributed by atoms with van der Waals surface area (Å²) in [6.07, 6.45) is 8.69. The summed E-state index contributed by atoms with van der Waals surface area (Å²) in [5.74, 6) is 1.24. The van der Waals surface area contributed by atoms with Crippen molar-refractivity contribution in [2.45, 2.75) is 77.6 Å². The highest BCUT2D eigenvalue weighted by atomic mass is 35.5. The molecule has 0 N–H and O–H groups in total. The fourth-order valence-electron chi connectivity index (χ4n) is 5.31. The van der Waals surface area contributed by atoms with Gasteiger partial charge in [-0.3, -0.25) is 4.68 Å². The van der Waals surface area contributed by atoms with Crippen LogP contribution in [0.5, 0.6) is 0 Å². The molecule has 4 rings (SSSR count). The predicted molar refractivity (Wildman–Crippen MR) is 147 cm³/mol. The second kappa shape index (κ2) is 9.61. The lowest BCUT2D eigenvalue weighted by atomic mass is 9.87. The number of hydrogen-bond donors (Lipinski definition) is 0. The Kier molecular flexibility index (Phi) is 7.39. The zero-order chi connectivity index (χ0) is 25.6. The molecule has 0 bridgehead atoms. The molecule has 1 saturated heterocycles. The van der Waals surface area contributed by atoms with Gasteiger partial charge in [0.05, 0.1) is 16.7 Å². The molecule has 10 heteroatoms. The van der Waals surface area contributed by atoms with E-state index in [-0.39, 0.29) is 22.1 Å². The SMILES string of the molecule is CC(C)(C)[Si](C)(C)OCC1(Cn2nc(N3CC[C@@H](CS(C)(=O)=O)C3)c3cnc(Cl)cc32)CCCC1. The molecular formula is C25H41ClN4O3SSi. The van der Waals surface area contributed by atoms with Crippen LogP contribution in [0.3, 0.4) is 0 Å². The fraction of sp³-hybridized carbons (Fsp3) is 0.760. The maximum Gasteiger partial charge on any atom is 0.192 e. The first-order chi connectivity index (χ1) is 16.2. The Hall–Kier alpha value is -1.16. The molecule has 7 nitrogen and oxygen atoms in total. The van der Waals surface area contributed by atoms with Crippen LogP contribution in [-0.2, 0) is 20.8 Å². The lowest BCUT2D eigenvalue weighted by Gasteiger charge is -2.40. The van der Waals surface area contributed by atoms with Gasteiger partial charge >= 0.3 is 0 Å². The number of halogens is 1. The molecule has 1 atom stereocenters. The lowest BCUT2D eigenvalue weighted by Crippen LogP contribution is -2.44.